The van der Waals surface area contributed by atoms with Crippen LogP contribution >= 0.6 is 0 Å². The van der Waals surface area contributed by atoms with Gasteiger partial charge in [-0.25, -0.2) is 0 Å². The highest BCUT2D eigenvalue weighted by atomic mass is 15.3. The Bertz CT molecular complexity index is 613. The lowest BCUT2D eigenvalue weighted by Crippen LogP contribution is -2.46. The summed E-state index contributed by atoms with van der Waals surface area (Å²) in [4.78, 5) is 4.82. The standard InChI is InChI=1S/C17H22N4/c1-13-12-16(6-7-17(13)19)21-10-8-20(9-11-21)15-4-2-14(18)3-5-15/h2-7,12H,8-11,18-19H2,1H3. The molecule has 21 heavy (non-hydrogen) atoms. The molecule has 4 nitrogen and oxygen atoms in total. The summed E-state index contributed by atoms with van der Waals surface area (Å²) >= 11 is 0. The highest BCUT2D eigenvalue weighted by Gasteiger charge is 2.17. The quantitative estimate of drug-likeness (QED) is 0.831. The van der Waals surface area contributed by atoms with Crippen LogP contribution in [0.3, 0.4) is 0 Å². The molecular weight excluding hydrogens is 260 g/mol. The van der Waals surface area contributed by atoms with Gasteiger partial charge in [-0.2, -0.15) is 0 Å². The van der Waals surface area contributed by atoms with E-state index in [9.17, 15) is 0 Å². The average molecular weight is 282 g/mol. The largest absolute Gasteiger partial charge is 0.399 e. The highest BCUT2D eigenvalue weighted by molar-refractivity contribution is 5.59. The van der Waals surface area contributed by atoms with E-state index in [4.69, 9.17) is 11.5 Å². The summed E-state index contributed by atoms with van der Waals surface area (Å²) < 4.78 is 0. The van der Waals surface area contributed by atoms with Crippen molar-refractivity contribution in [2.75, 3.05) is 47.4 Å². The van der Waals surface area contributed by atoms with Gasteiger partial charge in [0.15, 0.2) is 0 Å². The molecule has 1 saturated heterocycles. The van der Waals surface area contributed by atoms with E-state index >= 15 is 0 Å². The first-order chi connectivity index (χ1) is 10.1. The molecule has 0 atom stereocenters. The third-order valence-corrected chi connectivity index (χ3v) is 4.16. The zero-order valence-electron chi connectivity index (χ0n) is 12.4. The Kier molecular flexibility index (Phi) is 3.60. The average Bonchev–Trinajstić information content (AvgIpc) is 2.51. The summed E-state index contributed by atoms with van der Waals surface area (Å²) in [5, 5.41) is 0. The minimum Gasteiger partial charge on any atom is -0.399 e. The van der Waals surface area contributed by atoms with Gasteiger partial charge in [-0.15, -0.1) is 0 Å². The molecule has 0 unspecified atom stereocenters. The normalized spacial score (nSPS) is 15.3. The van der Waals surface area contributed by atoms with E-state index in [1.807, 2.05) is 18.2 Å². The molecular formula is C17H22N4. The number of rotatable bonds is 2. The summed E-state index contributed by atoms with van der Waals surface area (Å²) in [6.07, 6.45) is 0. The molecule has 1 aliphatic rings. The van der Waals surface area contributed by atoms with Crippen molar-refractivity contribution in [3.8, 4) is 0 Å². The fourth-order valence-corrected chi connectivity index (χ4v) is 2.76. The van der Waals surface area contributed by atoms with Crippen LogP contribution in [0.5, 0.6) is 0 Å². The Hall–Kier alpha value is -2.36. The third kappa shape index (κ3) is 2.89. The molecule has 2 aromatic rings. The van der Waals surface area contributed by atoms with E-state index in [1.165, 1.54) is 11.4 Å². The molecule has 4 heteroatoms. The van der Waals surface area contributed by atoms with Crippen molar-refractivity contribution < 1.29 is 0 Å². The Morgan fingerprint density at radius 1 is 0.762 bits per heavy atom. The molecule has 3 rings (SSSR count). The van der Waals surface area contributed by atoms with Gasteiger partial charge in [0.1, 0.15) is 0 Å². The zero-order chi connectivity index (χ0) is 14.8. The van der Waals surface area contributed by atoms with Crippen LogP contribution in [0.25, 0.3) is 0 Å². The second-order valence-corrected chi connectivity index (χ2v) is 5.61. The zero-order valence-corrected chi connectivity index (χ0v) is 12.4. The number of hydrogen-bond acceptors (Lipinski definition) is 4. The lowest BCUT2D eigenvalue weighted by atomic mass is 10.1. The number of anilines is 4. The molecule has 0 radical (unpaired) electrons. The fraction of sp³-hybridized carbons (Fsp3) is 0.294. The predicted octanol–water partition coefficient (Wildman–Crippen LogP) is 2.49. The van der Waals surface area contributed by atoms with Gasteiger partial charge in [0.25, 0.3) is 0 Å². The van der Waals surface area contributed by atoms with Crippen LogP contribution in [0.15, 0.2) is 42.5 Å². The Labute approximate surface area is 126 Å². The maximum atomic E-state index is 5.89. The topological polar surface area (TPSA) is 58.5 Å². The number of benzene rings is 2. The van der Waals surface area contributed by atoms with Gasteiger partial charge in [-0.05, 0) is 55.0 Å². The molecule has 0 aliphatic carbocycles. The molecule has 1 fully saturated rings. The van der Waals surface area contributed by atoms with E-state index < -0.39 is 0 Å². The van der Waals surface area contributed by atoms with Gasteiger partial charge >= 0.3 is 0 Å². The second-order valence-electron chi connectivity index (χ2n) is 5.61. The smallest absolute Gasteiger partial charge is 0.0371 e. The van der Waals surface area contributed by atoms with Crippen molar-refractivity contribution in [1.82, 2.24) is 0 Å². The fourth-order valence-electron chi connectivity index (χ4n) is 2.76. The number of nitrogen functional groups attached to an aromatic ring is 2. The second kappa shape index (κ2) is 5.56. The summed E-state index contributed by atoms with van der Waals surface area (Å²) in [5.74, 6) is 0. The first-order valence-electron chi connectivity index (χ1n) is 7.35. The van der Waals surface area contributed by atoms with Crippen molar-refractivity contribution >= 4 is 22.7 Å². The van der Waals surface area contributed by atoms with Crippen LogP contribution < -0.4 is 21.3 Å². The monoisotopic (exact) mass is 282 g/mol. The molecule has 1 aliphatic heterocycles. The number of hydrogen-bond donors (Lipinski definition) is 2. The van der Waals surface area contributed by atoms with Crippen LogP contribution in [0.1, 0.15) is 5.56 Å². The first-order valence-corrected chi connectivity index (χ1v) is 7.35. The molecule has 4 N–H and O–H groups in total. The maximum Gasteiger partial charge on any atom is 0.0371 e. The van der Waals surface area contributed by atoms with Gasteiger partial charge in [-0.3, -0.25) is 0 Å². The Morgan fingerprint density at radius 2 is 1.29 bits per heavy atom. The summed E-state index contributed by atoms with van der Waals surface area (Å²) in [7, 11) is 0. The minimum absolute atomic E-state index is 0.815. The van der Waals surface area contributed by atoms with E-state index in [0.29, 0.717) is 0 Å². The van der Waals surface area contributed by atoms with Crippen molar-refractivity contribution in [3.05, 3.63) is 48.0 Å². The molecule has 1 heterocycles. The first kappa shape index (κ1) is 13.6. The predicted molar refractivity (Wildman–Crippen MR) is 90.9 cm³/mol. The molecule has 2 aromatic carbocycles. The summed E-state index contributed by atoms with van der Waals surface area (Å²) in [6.45, 7) is 6.14. The van der Waals surface area contributed by atoms with E-state index in [0.717, 1.165) is 43.1 Å². The van der Waals surface area contributed by atoms with Crippen LogP contribution in [0.2, 0.25) is 0 Å². The van der Waals surface area contributed by atoms with Gasteiger partial charge in [0.05, 0.1) is 0 Å². The van der Waals surface area contributed by atoms with Crippen molar-refractivity contribution in [1.29, 1.82) is 0 Å². The lowest BCUT2D eigenvalue weighted by Gasteiger charge is -2.37. The van der Waals surface area contributed by atoms with Crippen LogP contribution in [0.4, 0.5) is 22.7 Å². The summed E-state index contributed by atoms with van der Waals surface area (Å²) in [6, 6.07) is 14.4. The van der Waals surface area contributed by atoms with Gasteiger partial charge < -0.3 is 21.3 Å². The number of nitrogens with zero attached hydrogens (tertiary/aromatic N) is 2. The van der Waals surface area contributed by atoms with Gasteiger partial charge in [0.2, 0.25) is 0 Å². The van der Waals surface area contributed by atoms with Crippen molar-refractivity contribution in [2.45, 2.75) is 6.92 Å². The van der Waals surface area contributed by atoms with Crippen molar-refractivity contribution in [2.24, 2.45) is 0 Å². The molecule has 0 amide bonds. The van der Waals surface area contributed by atoms with Gasteiger partial charge in [0, 0.05) is 48.9 Å². The minimum atomic E-state index is 0.815. The number of nitrogens with two attached hydrogens (primary N) is 2. The van der Waals surface area contributed by atoms with Gasteiger partial charge in [-0.1, -0.05) is 0 Å². The molecule has 110 valence electrons. The van der Waals surface area contributed by atoms with E-state index in [2.05, 4.69) is 41.0 Å². The molecule has 0 spiro atoms. The third-order valence-electron chi connectivity index (χ3n) is 4.16. The van der Waals surface area contributed by atoms with Crippen LogP contribution in [-0.2, 0) is 0 Å². The van der Waals surface area contributed by atoms with Crippen LogP contribution in [-0.4, -0.2) is 26.2 Å². The lowest BCUT2D eigenvalue weighted by molar-refractivity contribution is 0.653. The van der Waals surface area contributed by atoms with Crippen LogP contribution in [0, 0.1) is 6.92 Å². The maximum absolute atomic E-state index is 5.89. The Balaban J connectivity index is 1.67. The SMILES string of the molecule is Cc1cc(N2CCN(c3ccc(N)cc3)CC2)ccc1N. The Morgan fingerprint density at radius 3 is 1.86 bits per heavy atom. The van der Waals surface area contributed by atoms with E-state index in [-0.39, 0.29) is 0 Å². The molecule has 0 aromatic heterocycles. The number of aryl methyl sites for hydroxylation is 1. The number of piperazine rings is 1. The molecule has 0 saturated carbocycles. The van der Waals surface area contributed by atoms with Crippen molar-refractivity contribution in [3.63, 3.8) is 0 Å². The molecule has 0 bridgehead atoms. The summed E-state index contributed by atoms with van der Waals surface area (Å²) in [5.41, 5.74) is 17.0. The van der Waals surface area contributed by atoms with E-state index in [1.54, 1.807) is 0 Å². The highest BCUT2D eigenvalue weighted by Crippen LogP contribution is 2.24.